The second-order valence-electron chi connectivity index (χ2n) is 8.40. The molecule has 2 aromatic carbocycles. The van der Waals surface area contributed by atoms with E-state index in [-0.39, 0.29) is 30.1 Å². The van der Waals surface area contributed by atoms with Gasteiger partial charge in [-0.25, -0.2) is 9.59 Å². The normalized spacial score (nSPS) is 18.1. The summed E-state index contributed by atoms with van der Waals surface area (Å²) >= 11 is 0. The quantitative estimate of drug-likeness (QED) is 0.545. The number of ether oxygens (including phenoxy) is 2. The lowest BCUT2D eigenvalue weighted by Gasteiger charge is -2.43. The molecule has 0 unspecified atom stereocenters. The first-order valence-electron chi connectivity index (χ1n) is 10.2. The fraction of sp³-hybridized carbons (Fsp3) is 0.375. The van der Waals surface area contributed by atoms with Gasteiger partial charge in [-0.2, -0.15) is 0 Å². The van der Waals surface area contributed by atoms with Crippen LogP contribution in [-0.2, 0) is 14.3 Å². The number of urea groups is 1. The summed E-state index contributed by atoms with van der Waals surface area (Å²) in [5.41, 5.74) is 2.02. The number of benzene rings is 2. The number of amides is 2. The Hall–Kier alpha value is -3.39. The Morgan fingerprint density at radius 2 is 1.69 bits per heavy atom. The first-order valence-corrected chi connectivity index (χ1v) is 10.2. The summed E-state index contributed by atoms with van der Waals surface area (Å²) in [5.74, 6) is -0.408. The maximum absolute atomic E-state index is 13.0. The number of carbonyl (C=O) groups is 3. The molecule has 1 heterocycles. The molecule has 2 N–H and O–H groups in total. The van der Waals surface area contributed by atoms with Crippen molar-refractivity contribution in [3.8, 4) is 0 Å². The molecule has 32 heavy (non-hydrogen) atoms. The van der Waals surface area contributed by atoms with Crippen molar-refractivity contribution in [2.75, 3.05) is 25.5 Å². The zero-order valence-electron chi connectivity index (χ0n) is 18.8. The zero-order chi connectivity index (χ0) is 23.7. The number of esters is 1. The largest absolute Gasteiger partial charge is 0.483 e. The van der Waals surface area contributed by atoms with Crippen LogP contribution in [0.3, 0.4) is 0 Å². The van der Waals surface area contributed by atoms with Gasteiger partial charge in [0.25, 0.3) is 6.47 Å². The minimum absolute atomic E-state index is 0.0890. The average Bonchev–Trinajstić information content (AvgIpc) is 2.79. The van der Waals surface area contributed by atoms with E-state index in [1.807, 2.05) is 30.3 Å². The summed E-state index contributed by atoms with van der Waals surface area (Å²) in [6.45, 7) is 7.09. The van der Waals surface area contributed by atoms with Crippen LogP contribution in [-0.4, -0.2) is 54.8 Å². The molecule has 0 bridgehead atoms. The molecule has 1 aliphatic heterocycles. The lowest BCUT2D eigenvalue weighted by atomic mass is 9.87. The van der Waals surface area contributed by atoms with Gasteiger partial charge in [-0.15, -0.1) is 0 Å². The SMILES string of the molecule is COC(=O)c1ccc(NC(=O)N2C[C@@H](c3ccccc3)O[C@@H](C(C)(C)C)C2)cc1.O=CO. The number of methoxy groups -OCH3 is 1. The molecule has 1 aliphatic rings. The fourth-order valence-corrected chi connectivity index (χ4v) is 3.26. The Labute approximate surface area is 188 Å². The number of nitrogens with one attached hydrogen (secondary N) is 1. The number of hydrogen-bond donors (Lipinski definition) is 2. The smallest absolute Gasteiger partial charge is 0.337 e. The predicted molar refractivity (Wildman–Crippen MR) is 121 cm³/mol. The number of hydrogen-bond acceptors (Lipinski definition) is 5. The highest BCUT2D eigenvalue weighted by molar-refractivity contribution is 5.92. The second kappa shape index (κ2) is 11.3. The Bertz CT molecular complexity index is 893. The van der Waals surface area contributed by atoms with Gasteiger partial charge >= 0.3 is 12.0 Å². The van der Waals surface area contributed by atoms with Crippen LogP contribution in [0.15, 0.2) is 54.6 Å². The van der Waals surface area contributed by atoms with Gasteiger partial charge in [0.1, 0.15) is 6.10 Å². The maximum atomic E-state index is 13.0. The molecule has 2 atom stereocenters. The molecular weight excluding hydrogens is 412 g/mol. The predicted octanol–water partition coefficient (Wildman–Crippen LogP) is 4.19. The number of nitrogens with zero attached hydrogens (tertiary/aromatic N) is 1. The molecule has 0 aliphatic carbocycles. The van der Waals surface area contributed by atoms with Crippen molar-refractivity contribution in [2.45, 2.75) is 33.0 Å². The van der Waals surface area contributed by atoms with Gasteiger partial charge < -0.3 is 24.8 Å². The molecular formula is C24H30N2O6. The van der Waals surface area contributed by atoms with E-state index in [4.69, 9.17) is 19.4 Å². The molecule has 8 heteroatoms. The third-order valence-corrected chi connectivity index (χ3v) is 5.08. The van der Waals surface area contributed by atoms with Gasteiger partial charge in [0.2, 0.25) is 0 Å². The van der Waals surface area contributed by atoms with Gasteiger partial charge in [0, 0.05) is 12.2 Å². The van der Waals surface area contributed by atoms with Gasteiger partial charge in [-0.1, -0.05) is 51.1 Å². The molecule has 8 nitrogen and oxygen atoms in total. The van der Waals surface area contributed by atoms with Crippen LogP contribution in [0.5, 0.6) is 0 Å². The zero-order valence-corrected chi connectivity index (χ0v) is 18.8. The van der Waals surface area contributed by atoms with Gasteiger partial charge in [-0.05, 0) is 35.2 Å². The van der Waals surface area contributed by atoms with Crippen molar-refractivity contribution in [1.29, 1.82) is 0 Å². The maximum Gasteiger partial charge on any atom is 0.337 e. The Balaban J connectivity index is 0.00000114. The lowest BCUT2D eigenvalue weighted by molar-refractivity contribution is -0.122. The highest BCUT2D eigenvalue weighted by atomic mass is 16.5. The summed E-state index contributed by atoms with van der Waals surface area (Å²) in [5, 5.41) is 9.81. The van der Waals surface area contributed by atoms with Crippen molar-refractivity contribution >= 4 is 24.2 Å². The first-order chi connectivity index (χ1) is 15.2. The summed E-state index contributed by atoms with van der Waals surface area (Å²) in [4.78, 5) is 34.7. The van der Waals surface area contributed by atoms with E-state index >= 15 is 0 Å². The Morgan fingerprint density at radius 3 is 2.22 bits per heavy atom. The highest BCUT2D eigenvalue weighted by Crippen LogP contribution is 2.33. The molecule has 1 saturated heterocycles. The fourth-order valence-electron chi connectivity index (χ4n) is 3.26. The van der Waals surface area contributed by atoms with Gasteiger partial charge in [0.05, 0.1) is 25.3 Å². The van der Waals surface area contributed by atoms with E-state index in [2.05, 4.69) is 26.1 Å². The molecule has 0 saturated carbocycles. The van der Waals surface area contributed by atoms with E-state index in [0.717, 1.165) is 5.56 Å². The second-order valence-corrected chi connectivity index (χ2v) is 8.40. The molecule has 0 spiro atoms. The molecule has 0 aromatic heterocycles. The molecule has 0 radical (unpaired) electrons. The Morgan fingerprint density at radius 1 is 1.09 bits per heavy atom. The summed E-state index contributed by atoms with van der Waals surface area (Å²) in [6.07, 6.45) is -0.268. The van der Waals surface area contributed by atoms with Crippen LogP contribution >= 0.6 is 0 Å². The van der Waals surface area contributed by atoms with E-state index in [9.17, 15) is 9.59 Å². The van der Waals surface area contributed by atoms with Crippen molar-refractivity contribution in [1.82, 2.24) is 4.90 Å². The van der Waals surface area contributed by atoms with Crippen LogP contribution in [0, 0.1) is 5.41 Å². The van der Waals surface area contributed by atoms with E-state index in [1.54, 1.807) is 29.2 Å². The summed E-state index contributed by atoms with van der Waals surface area (Å²) in [7, 11) is 1.34. The van der Waals surface area contributed by atoms with E-state index < -0.39 is 5.97 Å². The minimum atomic E-state index is -0.408. The van der Waals surface area contributed by atoms with Gasteiger partial charge in [0.15, 0.2) is 0 Å². The molecule has 3 rings (SSSR count). The number of carbonyl (C=O) groups excluding carboxylic acids is 2. The minimum Gasteiger partial charge on any atom is -0.483 e. The molecule has 1 fully saturated rings. The van der Waals surface area contributed by atoms with Crippen LogP contribution in [0.25, 0.3) is 0 Å². The van der Waals surface area contributed by atoms with Crippen LogP contribution < -0.4 is 5.32 Å². The Kier molecular flexibility index (Phi) is 8.78. The third kappa shape index (κ3) is 6.81. The first kappa shape index (κ1) is 24.9. The number of morpholine rings is 1. The van der Waals surface area contributed by atoms with E-state index in [1.165, 1.54) is 7.11 Å². The van der Waals surface area contributed by atoms with Crippen molar-refractivity contribution in [2.24, 2.45) is 5.41 Å². The summed E-state index contributed by atoms with van der Waals surface area (Å²) < 4.78 is 11.1. The average molecular weight is 443 g/mol. The monoisotopic (exact) mass is 442 g/mol. The lowest BCUT2D eigenvalue weighted by Crippen LogP contribution is -2.52. The van der Waals surface area contributed by atoms with Crippen molar-refractivity contribution in [3.05, 3.63) is 65.7 Å². The third-order valence-electron chi connectivity index (χ3n) is 5.08. The van der Waals surface area contributed by atoms with E-state index in [0.29, 0.717) is 24.3 Å². The standard InChI is InChI=1S/C23H28N2O4.CH2O2/c1-23(2,3)20-15-25(14-19(29-20)16-8-6-5-7-9-16)22(27)24-18-12-10-17(11-13-18)21(26)28-4;2-1-3/h5-13,19-20H,14-15H2,1-4H3,(H,24,27);1H,(H,2,3)/t19-,20+;/m0./s1. The van der Waals surface area contributed by atoms with Gasteiger partial charge in [-0.3, -0.25) is 4.79 Å². The number of rotatable bonds is 3. The van der Waals surface area contributed by atoms with Crippen LogP contribution in [0.2, 0.25) is 0 Å². The molecule has 2 amide bonds. The highest BCUT2D eigenvalue weighted by Gasteiger charge is 2.37. The topological polar surface area (TPSA) is 105 Å². The van der Waals surface area contributed by atoms with Crippen molar-refractivity contribution < 1.29 is 29.0 Å². The van der Waals surface area contributed by atoms with Crippen molar-refractivity contribution in [3.63, 3.8) is 0 Å². The molecule has 2 aromatic rings. The van der Waals surface area contributed by atoms with Crippen LogP contribution in [0.1, 0.15) is 42.8 Å². The summed E-state index contributed by atoms with van der Waals surface area (Å²) in [6, 6.07) is 16.4. The number of carboxylic acid groups (broad SMARTS) is 1. The molecule has 172 valence electrons. The van der Waals surface area contributed by atoms with Crippen LogP contribution in [0.4, 0.5) is 10.5 Å². The number of anilines is 1.